The van der Waals surface area contributed by atoms with Gasteiger partial charge < -0.3 is 5.73 Å². The van der Waals surface area contributed by atoms with Gasteiger partial charge >= 0.3 is 0 Å². The average Bonchev–Trinajstić information content (AvgIpc) is 2.63. The normalized spacial score (nSPS) is 32.2. The molecule has 2 unspecified atom stereocenters. The van der Waals surface area contributed by atoms with E-state index in [1.54, 1.807) is 0 Å². The van der Waals surface area contributed by atoms with Gasteiger partial charge in [-0.1, -0.05) is 42.5 Å². The second-order valence-corrected chi connectivity index (χ2v) is 5.63. The maximum Gasteiger partial charge on any atom is 0.0172 e. The molecule has 2 heterocycles. The Hall–Kier alpha value is -1.12. The molecule has 2 aliphatic heterocycles. The molecule has 2 nitrogen and oxygen atoms in total. The average molecular weight is 242 g/mol. The minimum absolute atomic E-state index is 0.442. The summed E-state index contributed by atoms with van der Waals surface area (Å²) in [5.74, 6) is 0. The Balaban J connectivity index is 1.59. The molecule has 0 saturated carbocycles. The van der Waals surface area contributed by atoms with Gasteiger partial charge in [-0.05, 0) is 31.2 Å². The molecule has 2 fully saturated rings. The summed E-state index contributed by atoms with van der Waals surface area (Å²) >= 11 is 0. The molecule has 2 N–H and O–H groups in total. The van der Waals surface area contributed by atoms with Gasteiger partial charge in [-0.15, -0.1) is 0 Å². The van der Waals surface area contributed by atoms with Crippen LogP contribution in [0, 0.1) is 0 Å². The van der Waals surface area contributed by atoms with Crippen LogP contribution in [-0.4, -0.2) is 29.6 Å². The van der Waals surface area contributed by atoms with E-state index >= 15 is 0 Å². The lowest BCUT2D eigenvalue weighted by Crippen LogP contribution is -2.47. The third-order valence-electron chi connectivity index (χ3n) is 4.35. The molecule has 0 radical (unpaired) electrons. The molecule has 2 aliphatic rings. The molecule has 0 aliphatic carbocycles. The number of hydrogen-bond acceptors (Lipinski definition) is 2. The van der Waals surface area contributed by atoms with Gasteiger partial charge in [-0.25, -0.2) is 0 Å². The molecule has 3 rings (SSSR count). The summed E-state index contributed by atoms with van der Waals surface area (Å²) < 4.78 is 0. The highest BCUT2D eigenvalue weighted by Gasteiger charge is 2.38. The summed E-state index contributed by atoms with van der Waals surface area (Å²) in [4.78, 5) is 2.66. The molecule has 2 saturated heterocycles. The van der Waals surface area contributed by atoms with Crippen LogP contribution in [0.3, 0.4) is 0 Å². The number of piperidine rings is 1. The summed E-state index contributed by atoms with van der Waals surface area (Å²) in [5, 5.41) is 0. The van der Waals surface area contributed by atoms with Gasteiger partial charge in [0.1, 0.15) is 0 Å². The van der Waals surface area contributed by atoms with Crippen molar-refractivity contribution >= 4 is 6.08 Å². The van der Waals surface area contributed by atoms with E-state index in [9.17, 15) is 0 Å². The lowest BCUT2D eigenvalue weighted by atomic mass is 9.98. The first-order valence-corrected chi connectivity index (χ1v) is 7.06. The van der Waals surface area contributed by atoms with Crippen molar-refractivity contribution in [3.63, 3.8) is 0 Å². The summed E-state index contributed by atoms with van der Waals surface area (Å²) in [6.07, 6.45) is 9.60. The first-order chi connectivity index (χ1) is 8.83. The SMILES string of the molecule is NC1CC2CCC(C1)N2C/C=C/c1ccccc1. The Bertz CT molecular complexity index is 398. The van der Waals surface area contributed by atoms with Gasteiger partial charge in [-0.3, -0.25) is 4.90 Å². The van der Waals surface area contributed by atoms with Crippen LogP contribution >= 0.6 is 0 Å². The predicted molar refractivity (Wildman–Crippen MR) is 76.2 cm³/mol. The summed E-state index contributed by atoms with van der Waals surface area (Å²) in [5.41, 5.74) is 7.38. The number of fused-ring (bicyclic) bond motifs is 2. The van der Waals surface area contributed by atoms with E-state index in [0.29, 0.717) is 6.04 Å². The Morgan fingerprint density at radius 2 is 1.78 bits per heavy atom. The van der Waals surface area contributed by atoms with Crippen molar-refractivity contribution in [2.24, 2.45) is 5.73 Å². The second-order valence-electron chi connectivity index (χ2n) is 5.63. The summed E-state index contributed by atoms with van der Waals surface area (Å²) in [6, 6.07) is 12.4. The van der Waals surface area contributed by atoms with E-state index in [0.717, 1.165) is 18.6 Å². The molecule has 96 valence electrons. The van der Waals surface area contributed by atoms with Crippen molar-refractivity contribution in [3.8, 4) is 0 Å². The first-order valence-electron chi connectivity index (χ1n) is 7.06. The Labute approximate surface area is 109 Å². The predicted octanol–water partition coefficient (Wildman–Crippen LogP) is 2.65. The molecule has 0 amide bonds. The van der Waals surface area contributed by atoms with E-state index in [1.807, 2.05) is 0 Å². The first kappa shape index (κ1) is 11.9. The maximum absolute atomic E-state index is 6.09. The summed E-state index contributed by atoms with van der Waals surface area (Å²) in [6.45, 7) is 1.08. The van der Waals surface area contributed by atoms with Gasteiger partial charge in [0, 0.05) is 24.7 Å². The Kier molecular flexibility index (Phi) is 3.48. The van der Waals surface area contributed by atoms with Crippen LogP contribution in [0.2, 0.25) is 0 Å². The van der Waals surface area contributed by atoms with Crippen LogP contribution in [0.4, 0.5) is 0 Å². The van der Waals surface area contributed by atoms with Crippen molar-refractivity contribution in [1.82, 2.24) is 4.90 Å². The van der Waals surface area contributed by atoms with Gasteiger partial charge in [0.2, 0.25) is 0 Å². The molecule has 2 bridgehead atoms. The maximum atomic E-state index is 6.09. The smallest absolute Gasteiger partial charge is 0.0172 e. The summed E-state index contributed by atoms with van der Waals surface area (Å²) in [7, 11) is 0. The van der Waals surface area contributed by atoms with E-state index in [-0.39, 0.29) is 0 Å². The van der Waals surface area contributed by atoms with Gasteiger partial charge in [0.15, 0.2) is 0 Å². The van der Waals surface area contributed by atoms with Crippen molar-refractivity contribution in [3.05, 3.63) is 42.0 Å². The number of nitrogens with zero attached hydrogens (tertiary/aromatic N) is 1. The minimum Gasteiger partial charge on any atom is -0.328 e. The van der Waals surface area contributed by atoms with Gasteiger partial charge in [-0.2, -0.15) is 0 Å². The second kappa shape index (κ2) is 5.25. The lowest BCUT2D eigenvalue weighted by Gasteiger charge is -2.36. The molecular formula is C16H22N2. The lowest BCUT2D eigenvalue weighted by molar-refractivity contribution is 0.144. The van der Waals surface area contributed by atoms with Crippen molar-refractivity contribution in [2.75, 3.05) is 6.54 Å². The van der Waals surface area contributed by atoms with Crippen LogP contribution < -0.4 is 5.73 Å². The van der Waals surface area contributed by atoms with Crippen molar-refractivity contribution in [2.45, 2.75) is 43.8 Å². The molecule has 1 aromatic carbocycles. The molecule has 0 aromatic heterocycles. The van der Waals surface area contributed by atoms with E-state index in [2.05, 4.69) is 47.4 Å². The van der Waals surface area contributed by atoms with Crippen LogP contribution in [0.1, 0.15) is 31.2 Å². The molecular weight excluding hydrogens is 220 g/mol. The fraction of sp³-hybridized carbons (Fsp3) is 0.500. The fourth-order valence-corrected chi connectivity index (χ4v) is 3.49. The Morgan fingerprint density at radius 1 is 1.11 bits per heavy atom. The van der Waals surface area contributed by atoms with Crippen LogP contribution in [-0.2, 0) is 0 Å². The minimum atomic E-state index is 0.442. The molecule has 1 aromatic rings. The molecule has 2 atom stereocenters. The fourth-order valence-electron chi connectivity index (χ4n) is 3.49. The highest BCUT2D eigenvalue weighted by Crippen LogP contribution is 2.34. The number of hydrogen-bond donors (Lipinski definition) is 1. The third kappa shape index (κ3) is 2.50. The van der Waals surface area contributed by atoms with Crippen molar-refractivity contribution < 1.29 is 0 Å². The number of nitrogens with two attached hydrogens (primary N) is 1. The third-order valence-corrected chi connectivity index (χ3v) is 4.35. The Morgan fingerprint density at radius 3 is 2.44 bits per heavy atom. The van der Waals surface area contributed by atoms with E-state index < -0.39 is 0 Å². The van der Waals surface area contributed by atoms with Crippen LogP contribution in [0.5, 0.6) is 0 Å². The number of benzene rings is 1. The van der Waals surface area contributed by atoms with Gasteiger partial charge in [0.05, 0.1) is 0 Å². The van der Waals surface area contributed by atoms with Gasteiger partial charge in [0.25, 0.3) is 0 Å². The zero-order valence-corrected chi connectivity index (χ0v) is 10.8. The van der Waals surface area contributed by atoms with Crippen molar-refractivity contribution in [1.29, 1.82) is 0 Å². The standard InChI is InChI=1S/C16H22N2/c17-14-11-15-8-9-16(12-14)18(15)10-4-7-13-5-2-1-3-6-13/h1-7,14-16H,8-12,17H2/b7-4+. The zero-order chi connectivity index (χ0) is 12.4. The molecule has 0 spiro atoms. The zero-order valence-electron chi connectivity index (χ0n) is 10.8. The van der Waals surface area contributed by atoms with Crippen LogP contribution in [0.15, 0.2) is 36.4 Å². The highest BCUT2D eigenvalue weighted by molar-refractivity contribution is 5.48. The topological polar surface area (TPSA) is 29.3 Å². The number of rotatable bonds is 3. The van der Waals surface area contributed by atoms with E-state index in [1.165, 1.54) is 31.2 Å². The largest absolute Gasteiger partial charge is 0.328 e. The molecule has 2 heteroatoms. The quantitative estimate of drug-likeness (QED) is 0.883. The van der Waals surface area contributed by atoms with Crippen LogP contribution in [0.25, 0.3) is 6.08 Å². The highest BCUT2D eigenvalue weighted by atomic mass is 15.2. The molecule has 18 heavy (non-hydrogen) atoms. The van der Waals surface area contributed by atoms with E-state index in [4.69, 9.17) is 5.73 Å². The monoisotopic (exact) mass is 242 g/mol.